The molecule has 2 aromatic rings. The van der Waals surface area contributed by atoms with Crippen LogP contribution in [-0.4, -0.2) is 15.0 Å². The molecule has 2 fully saturated rings. The summed E-state index contributed by atoms with van der Waals surface area (Å²) in [6, 6.07) is 9.41. The monoisotopic (exact) mass is 357 g/mol. The molecule has 0 bridgehead atoms. The van der Waals surface area contributed by atoms with Crippen molar-refractivity contribution < 1.29 is 0 Å². The molecule has 0 radical (unpaired) electrons. The van der Waals surface area contributed by atoms with Crippen LogP contribution >= 0.6 is 0 Å². The molecule has 2 aliphatic rings. The van der Waals surface area contributed by atoms with Crippen LogP contribution in [0.1, 0.15) is 78.0 Å². The van der Waals surface area contributed by atoms with Crippen molar-refractivity contribution in [2.24, 2.45) is 5.92 Å². The zero-order valence-corrected chi connectivity index (χ0v) is 16.9. The molecule has 2 aliphatic carbocycles. The molecule has 0 amide bonds. The smallest absolute Gasteiger partial charge is 0.294 e. The van der Waals surface area contributed by atoms with E-state index in [0.29, 0.717) is 11.6 Å². The normalized spacial score (nSPS) is 15.2. The molecule has 1 heterocycles. The third kappa shape index (κ3) is 10.1. The van der Waals surface area contributed by atoms with Gasteiger partial charge in [-0.3, -0.25) is 4.98 Å². The van der Waals surface area contributed by atoms with Crippen molar-refractivity contribution in [1.82, 2.24) is 15.0 Å². The van der Waals surface area contributed by atoms with Crippen LogP contribution in [0.25, 0.3) is 11.4 Å². The number of aryl methyl sites for hydroxylation is 1. The molecule has 4 heteroatoms. The second-order valence-electron chi connectivity index (χ2n) is 6.73. The lowest BCUT2D eigenvalue weighted by Crippen LogP contribution is -2.14. The molecule has 4 rings (SSSR count). The number of H-pyrrole nitrogens is 1. The van der Waals surface area contributed by atoms with E-state index in [1.165, 1.54) is 51.4 Å². The molecule has 1 aromatic carbocycles. The number of hydrogen-bond donors (Lipinski definition) is 1. The van der Waals surface area contributed by atoms with Crippen molar-refractivity contribution in [1.29, 1.82) is 0 Å². The summed E-state index contributed by atoms with van der Waals surface area (Å²) in [7, 11) is 0. The minimum atomic E-state index is -0.364. The van der Waals surface area contributed by atoms with E-state index >= 15 is 0 Å². The highest BCUT2D eigenvalue weighted by Crippen LogP contribution is 2.26. The summed E-state index contributed by atoms with van der Waals surface area (Å²) in [6.07, 6.45) is 12.0. The van der Waals surface area contributed by atoms with E-state index in [4.69, 9.17) is 0 Å². The average Bonchev–Trinajstić information content (AvgIpc) is 3.48. The van der Waals surface area contributed by atoms with Gasteiger partial charge in [0, 0.05) is 5.56 Å². The Hall–Kier alpha value is -1.97. The lowest BCUT2D eigenvalue weighted by molar-refractivity contribution is 0.504. The first-order valence-corrected chi connectivity index (χ1v) is 10.2. The molecular formula is C22H35N3O. The maximum Gasteiger partial charge on any atom is 0.348 e. The molecule has 0 saturated heterocycles. The first-order chi connectivity index (χ1) is 12.6. The number of nitrogens with zero attached hydrogens (tertiary/aromatic N) is 2. The van der Waals surface area contributed by atoms with Gasteiger partial charge in [0.25, 0.3) is 0 Å². The van der Waals surface area contributed by atoms with E-state index in [9.17, 15) is 4.79 Å². The predicted molar refractivity (Wildman–Crippen MR) is 110 cm³/mol. The van der Waals surface area contributed by atoms with Crippen molar-refractivity contribution in [3.63, 3.8) is 0 Å². The summed E-state index contributed by atoms with van der Waals surface area (Å²) in [4.78, 5) is 21.5. The Morgan fingerprint density at radius 1 is 0.885 bits per heavy atom. The van der Waals surface area contributed by atoms with Crippen LogP contribution in [0.4, 0.5) is 0 Å². The Morgan fingerprint density at radius 2 is 1.35 bits per heavy atom. The lowest BCUT2D eigenvalue weighted by Gasteiger charge is -2.05. The predicted octanol–water partition coefficient (Wildman–Crippen LogP) is 5.92. The fraction of sp³-hybridized carbons (Fsp3) is 0.591. The Balaban J connectivity index is 0.000000231. The van der Waals surface area contributed by atoms with Gasteiger partial charge in [0.2, 0.25) is 0 Å². The van der Waals surface area contributed by atoms with E-state index in [0.717, 1.165) is 11.5 Å². The number of rotatable bonds is 1. The molecule has 0 unspecified atom stereocenters. The van der Waals surface area contributed by atoms with Crippen LogP contribution in [0.3, 0.4) is 0 Å². The van der Waals surface area contributed by atoms with Gasteiger partial charge in [0.15, 0.2) is 5.82 Å². The molecule has 1 N–H and O–H groups in total. The molecular weight excluding hydrogens is 322 g/mol. The van der Waals surface area contributed by atoms with Gasteiger partial charge >= 0.3 is 5.69 Å². The first-order valence-electron chi connectivity index (χ1n) is 10.2. The minimum Gasteiger partial charge on any atom is -0.294 e. The zero-order valence-electron chi connectivity index (χ0n) is 16.9. The van der Waals surface area contributed by atoms with Crippen molar-refractivity contribution in [3.8, 4) is 11.4 Å². The van der Waals surface area contributed by atoms with E-state index in [-0.39, 0.29) is 5.69 Å². The van der Waals surface area contributed by atoms with Crippen LogP contribution in [0, 0.1) is 12.8 Å². The molecule has 144 valence electrons. The maximum absolute atomic E-state index is 11.1. The zero-order chi connectivity index (χ0) is 19.2. The molecule has 0 spiro atoms. The summed E-state index contributed by atoms with van der Waals surface area (Å²) in [6.45, 7) is 8.01. The largest absolute Gasteiger partial charge is 0.348 e. The lowest BCUT2D eigenvalue weighted by atomic mass is 10.0. The number of hydrogen-bond acceptors (Lipinski definition) is 3. The summed E-state index contributed by atoms with van der Waals surface area (Å²) in [5.41, 5.74) is 0.484. The molecule has 0 atom stereocenters. The SMILES string of the molecule is C1CCCCC1.CC.CC1CC1.Cc1nc(-c2ccccc2)nc(=O)[nH]1. The topological polar surface area (TPSA) is 58.6 Å². The van der Waals surface area contributed by atoms with Crippen LogP contribution in [0.15, 0.2) is 35.1 Å². The van der Waals surface area contributed by atoms with E-state index in [1.54, 1.807) is 6.92 Å². The van der Waals surface area contributed by atoms with Crippen molar-refractivity contribution in [2.45, 2.75) is 79.1 Å². The van der Waals surface area contributed by atoms with Gasteiger partial charge in [0.1, 0.15) is 5.82 Å². The molecule has 4 nitrogen and oxygen atoms in total. The number of aromatic amines is 1. The third-order valence-electron chi connectivity index (χ3n) is 4.17. The molecule has 2 saturated carbocycles. The van der Waals surface area contributed by atoms with Crippen LogP contribution in [0.5, 0.6) is 0 Å². The average molecular weight is 358 g/mol. The number of benzene rings is 1. The second kappa shape index (κ2) is 13.3. The van der Waals surface area contributed by atoms with Gasteiger partial charge < -0.3 is 0 Å². The fourth-order valence-corrected chi connectivity index (χ4v) is 2.43. The van der Waals surface area contributed by atoms with Gasteiger partial charge in [-0.15, -0.1) is 0 Å². The number of aromatic nitrogens is 3. The molecule has 26 heavy (non-hydrogen) atoms. The van der Waals surface area contributed by atoms with Gasteiger partial charge in [-0.25, -0.2) is 9.78 Å². The number of nitrogens with one attached hydrogen (secondary N) is 1. The van der Waals surface area contributed by atoms with E-state index in [1.807, 2.05) is 44.2 Å². The van der Waals surface area contributed by atoms with Crippen molar-refractivity contribution in [3.05, 3.63) is 46.6 Å². The maximum atomic E-state index is 11.1. The van der Waals surface area contributed by atoms with Gasteiger partial charge in [-0.2, -0.15) is 4.98 Å². The summed E-state index contributed by atoms with van der Waals surface area (Å²) >= 11 is 0. The second-order valence-corrected chi connectivity index (χ2v) is 6.73. The fourth-order valence-electron chi connectivity index (χ4n) is 2.43. The van der Waals surface area contributed by atoms with Gasteiger partial charge in [-0.1, -0.05) is 102 Å². The van der Waals surface area contributed by atoms with Gasteiger partial charge in [0.05, 0.1) is 0 Å². The Morgan fingerprint density at radius 3 is 1.73 bits per heavy atom. The summed E-state index contributed by atoms with van der Waals surface area (Å²) < 4.78 is 0. The van der Waals surface area contributed by atoms with E-state index in [2.05, 4.69) is 21.9 Å². The highest BCUT2D eigenvalue weighted by atomic mass is 16.1. The van der Waals surface area contributed by atoms with Crippen LogP contribution in [0.2, 0.25) is 0 Å². The minimum absolute atomic E-state index is 0.364. The van der Waals surface area contributed by atoms with E-state index < -0.39 is 0 Å². The van der Waals surface area contributed by atoms with Gasteiger partial charge in [-0.05, 0) is 12.8 Å². The Kier molecular flexibility index (Phi) is 11.3. The standard InChI is InChI=1S/C10H9N3O.C6H12.C4H8.C2H6/c1-7-11-9(13-10(14)12-7)8-5-3-2-4-6-8;1-2-4-6-5-3-1;1-4-2-3-4;1-2/h2-6H,1H3,(H,11,12,13,14);1-6H2;4H,2-3H2,1H3;1-2H3. The first kappa shape index (κ1) is 22.1. The van der Waals surface area contributed by atoms with Crippen LogP contribution in [-0.2, 0) is 0 Å². The summed E-state index contributed by atoms with van der Waals surface area (Å²) in [5, 5.41) is 0. The van der Waals surface area contributed by atoms with Crippen molar-refractivity contribution in [2.75, 3.05) is 0 Å². The Bertz CT molecular complexity index is 632. The molecule has 0 aliphatic heterocycles. The van der Waals surface area contributed by atoms with Crippen molar-refractivity contribution >= 4 is 0 Å². The van der Waals surface area contributed by atoms with Crippen LogP contribution < -0.4 is 5.69 Å². The highest BCUT2D eigenvalue weighted by molar-refractivity contribution is 5.53. The third-order valence-corrected chi connectivity index (χ3v) is 4.17. The quantitative estimate of drug-likeness (QED) is 0.689. The highest BCUT2D eigenvalue weighted by Gasteiger charge is 2.12. The molecule has 1 aromatic heterocycles. The summed E-state index contributed by atoms with van der Waals surface area (Å²) in [5.74, 6) is 2.12. The Labute approximate surface area is 158 Å².